The summed E-state index contributed by atoms with van der Waals surface area (Å²) in [6.45, 7) is 4.91. The van der Waals surface area contributed by atoms with Crippen molar-refractivity contribution in [3.63, 3.8) is 0 Å². The number of allylic oxidation sites excluding steroid dienone is 1. The maximum Gasteiger partial charge on any atom is 0.322 e. The molecular formula is C9H16N2O2. The lowest BCUT2D eigenvalue weighted by Crippen LogP contribution is -2.54. The number of nitrogens with zero attached hydrogens (tertiary/aromatic N) is 1. The summed E-state index contributed by atoms with van der Waals surface area (Å²) in [7, 11) is 0. The van der Waals surface area contributed by atoms with Gasteiger partial charge in [-0.15, -0.1) is 0 Å². The second-order valence-electron chi connectivity index (χ2n) is 3.12. The Bertz CT molecular complexity index is 204. The molecule has 0 amide bonds. The zero-order valence-electron chi connectivity index (χ0n) is 7.86. The van der Waals surface area contributed by atoms with Gasteiger partial charge in [-0.25, -0.2) is 0 Å². The van der Waals surface area contributed by atoms with Crippen LogP contribution < -0.4 is 5.32 Å². The fraction of sp³-hybridized carbons (Fsp3) is 0.667. The van der Waals surface area contributed by atoms with Gasteiger partial charge in [0, 0.05) is 26.2 Å². The van der Waals surface area contributed by atoms with Crippen LogP contribution in [0.3, 0.4) is 0 Å². The predicted molar refractivity (Wildman–Crippen MR) is 50.7 cm³/mol. The van der Waals surface area contributed by atoms with Gasteiger partial charge in [-0.3, -0.25) is 9.69 Å². The van der Waals surface area contributed by atoms with E-state index in [-0.39, 0.29) is 6.04 Å². The fourth-order valence-corrected chi connectivity index (χ4v) is 1.45. The Morgan fingerprint density at radius 3 is 3.15 bits per heavy atom. The molecule has 2 N–H and O–H groups in total. The third-order valence-electron chi connectivity index (χ3n) is 2.21. The summed E-state index contributed by atoms with van der Waals surface area (Å²) in [5.74, 6) is -0.739. The average Bonchev–Trinajstić information content (AvgIpc) is 2.15. The van der Waals surface area contributed by atoms with E-state index < -0.39 is 5.97 Å². The first-order valence-electron chi connectivity index (χ1n) is 4.54. The van der Waals surface area contributed by atoms with Crippen molar-refractivity contribution >= 4 is 5.97 Å². The first-order valence-corrected chi connectivity index (χ1v) is 4.54. The highest BCUT2D eigenvalue weighted by Crippen LogP contribution is 2.03. The molecular weight excluding hydrogens is 168 g/mol. The molecule has 4 nitrogen and oxygen atoms in total. The lowest BCUT2D eigenvalue weighted by Gasteiger charge is -2.32. The maximum absolute atomic E-state index is 10.8. The van der Waals surface area contributed by atoms with Crippen LogP contribution in [0.25, 0.3) is 0 Å². The van der Waals surface area contributed by atoms with E-state index >= 15 is 0 Å². The van der Waals surface area contributed by atoms with Crippen molar-refractivity contribution in [2.75, 3.05) is 26.2 Å². The Kier molecular flexibility index (Phi) is 3.92. The topological polar surface area (TPSA) is 52.6 Å². The molecule has 1 atom stereocenters. The van der Waals surface area contributed by atoms with E-state index in [1.165, 1.54) is 0 Å². The van der Waals surface area contributed by atoms with Crippen molar-refractivity contribution < 1.29 is 9.90 Å². The summed E-state index contributed by atoms with van der Waals surface area (Å²) in [5.41, 5.74) is 0. The minimum atomic E-state index is -0.739. The Hall–Kier alpha value is -0.870. The number of carboxylic acid groups (broad SMARTS) is 1. The van der Waals surface area contributed by atoms with E-state index in [9.17, 15) is 4.79 Å². The van der Waals surface area contributed by atoms with Crippen molar-refractivity contribution in [3.05, 3.63) is 12.2 Å². The van der Waals surface area contributed by atoms with E-state index in [0.717, 1.165) is 19.6 Å². The second-order valence-corrected chi connectivity index (χ2v) is 3.12. The molecule has 1 saturated heterocycles. The van der Waals surface area contributed by atoms with Crippen molar-refractivity contribution in [2.45, 2.75) is 13.0 Å². The zero-order valence-corrected chi connectivity index (χ0v) is 7.86. The van der Waals surface area contributed by atoms with Crippen LogP contribution in [-0.4, -0.2) is 48.2 Å². The standard InChI is InChI=1S/C9H16N2O2/c1-2-3-5-11-6-4-10-7-8(11)9(12)13/h2-3,8,10H,4-7H2,1H3,(H,12,13). The van der Waals surface area contributed by atoms with Crippen molar-refractivity contribution in [1.29, 1.82) is 0 Å². The largest absolute Gasteiger partial charge is 0.480 e. The second kappa shape index (κ2) is 4.99. The summed E-state index contributed by atoms with van der Waals surface area (Å²) in [5, 5.41) is 12.0. The zero-order chi connectivity index (χ0) is 9.68. The van der Waals surface area contributed by atoms with Gasteiger partial charge < -0.3 is 10.4 Å². The minimum Gasteiger partial charge on any atom is -0.480 e. The van der Waals surface area contributed by atoms with Crippen LogP contribution in [0, 0.1) is 0 Å². The molecule has 0 bridgehead atoms. The molecule has 1 heterocycles. The molecule has 13 heavy (non-hydrogen) atoms. The van der Waals surface area contributed by atoms with Gasteiger partial charge in [0.15, 0.2) is 0 Å². The summed E-state index contributed by atoms with van der Waals surface area (Å²) in [6.07, 6.45) is 3.93. The van der Waals surface area contributed by atoms with Gasteiger partial charge in [-0.2, -0.15) is 0 Å². The van der Waals surface area contributed by atoms with Crippen LogP contribution in [-0.2, 0) is 4.79 Å². The SMILES string of the molecule is CC=CCN1CCNCC1C(=O)O. The summed E-state index contributed by atoms with van der Waals surface area (Å²) in [4.78, 5) is 12.8. The highest BCUT2D eigenvalue weighted by Gasteiger charge is 2.26. The van der Waals surface area contributed by atoms with Gasteiger partial charge in [0.25, 0.3) is 0 Å². The molecule has 1 unspecified atom stereocenters. The normalized spacial score (nSPS) is 25.2. The molecule has 0 radical (unpaired) electrons. The maximum atomic E-state index is 10.8. The van der Waals surface area contributed by atoms with Crippen LogP contribution in [0.4, 0.5) is 0 Å². The van der Waals surface area contributed by atoms with Gasteiger partial charge in [0.05, 0.1) is 0 Å². The number of aliphatic carboxylic acids is 1. The Balaban J connectivity index is 2.51. The van der Waals surface area contributed by atoms with Crippen molar-refractivity contribution in [2.24, 2.45) is 0 Å². The van der Waals surface area contributed by atoms with Gasteiger partial charge in [-0.05, 0) is 6.92 Å². The number of nitrogens with one attached hydrogen (secondary N) is 1. The first kappa shape index (κ1) is 10.2. The molecule has 0 aliphatic carbocycles. The summed E-state index contributed by atoms with van der Waals surface area (Å²) >= 11 is 0. The number of carbonyl (C=O) groups is 1. The van der Waals surface area contributed by atoms with Crippen LogP contribution in [0.2, 0.25) is 0 Å². The van der Waals surface area contributed by atoms with Crippen LogP contribution in [0.15, 0.2) is 12.2 Å². The molecule has 1 rings (SSSR count). The van der Waals surface area contributed by atoms with Gasteiger partial charge in [0.2, 0.25) is 0 Å². The minimum absolute atomic E-state index is 0.370. The van der Waals surface area contributed by atoms with E-state index in [2.05, 4.69) is 5.32 Å². The Labute approximate surface area is 78.2 Å². The number of carboxylic acids is 1. The van der Waals surface area contributed by atoms with E-state index in [4.69, 9.17) is 5.11 Å². The molecule has 1 fully saturated rings. The predicted octanol–water partition coefficient (Wildman–Crippen LogP) is -0.0791. The lowest BCUT2D eigenvalue weighted by atomic mass is 10.2. The fourth-order valence-electron chi connectivity index (χ4n) is 1.45. The van der Waals surface area contributed by atoms with E-state index in [1.54, 1.807) is 0 Å². The lowest BCUT2D eigenvalue weighted by molar-refractivity contribution is -0.143. The summed E-state index contributed by atoms with van der Waals surface area (Å²) in [6, 6.07) is -0.370. The molecule has 1 aliphatic heterocycles. The molecule has 0 aromatic carbocycles. The van der Waals surface area contributed by atoms with Gasteiger partial charge >= 0.3 is 5.97 Å². The first-order chi connectivity index (χ1) is 6.25. The number of piperazine rings is 1. The molecule has 0 saturated carbocycles. The highest BCUT2D eigenvalue weighted by molar-refractivity contribution is 5.74. The quantitative estimate of drug-likeness (QED) is 0.602. The third-order valence-corrected chi connectivity index (χ3v) is 2.21. The molecule has 0 spiro atoms. The van der Waals surface area contributed by atoms with Crippen LogP contribution >= 0.6 is 0 Å². The van der Waals surface area contributed by atoms with E-state index in [0.29, 0.717) is 6.54 Å². The van der Waals surface area contributed by atoms with Crippen LogP contribution in [0.1, 0.15) is 6.92 Å². The third kappa shape index (κ3) is 2.82. The average molecular weight is 184 g/mol. The smallest absolute Gasteiger partial charge is 0.322 e. The van der Waals surface area contributed by atoms with Gasteiger partial charge in [0.1, 0.15) is 6.04 Å². The monoisotopic (exact) mass is 184 g/mol. The molecule has 4 heteroatoms. The molecule has 1 aliphatic rings. The summed E-state index contributed by atoms with van der Waals surface area (Å²) < 4.78 is 0. The van der Waals surface area contributed by atoms with Crippen molar-refractivity contribution in [3.8, 4) is 0 Å². The highest BCUT2D eigenvalue weighted by atomic mass is 16.4. The van der Waals surface area contributed by atoms with Crippen molar-refractivity contribution in [1.82, 2.24) is 10.2 Å². The number of hydrogen-bond acceptors (Lipinski definition) is 3. The van der Waals surface area contributed by atoms with Crippen LogP contribution in [0.5, 0.6) is 0 Å². The molecule has 74 valence electrons. The van der Waals surface area contributed by atoms with E-state index in [1.807, 2.05) is 24.0 Å². The van der Waals surface area contributed by atoms with Gasteiger partial charge in [-0.1, -0.05) is 12.2 Å². The Morgan fingerprint density at radius 2 is 2.54 bits per heavy atom. The number of hydrogen-bond donors (Lipinski definition) is 2. The molecule has 0 aromatic rings. The molecule has 0 aromatic heterocycles. The number of rotatable bonds is 3. The Morgan fingerprint density at radius 1 is 1.77 bits per heavy atom.